The Bertz CT molecular complexity index is 1940. The smallest absolute Gasteiger partial charge is 0.424 e. The zero-order chi connectivity index (χ0) is 33.0. The molecule has 12 nitrogen and oxygen atoms in total. The van der Waals surface area contributed by atoms with Crippen molar-refractivity contribution in [3.8, 4) is 45.8 Å². The van der Waals surface area contributed by atoms with E-state index in [1.54, 1.807) is 31.5 Å². The SMILES string of the molecule is Cc1cccc(-c2nn3c(c2-c2ccnc(-c4nc5c(O)n(C(=O)OC(C)(C)C)c(O)c5n4COCC[Si](C)(C)C)c2)CCC3)n1. The summed E-state index contributed by atoms with van der Waals surface area (Å²) in [4.78, 5) is 27.1. The van der Waals surface area contributed by atoms with E-state index in [9.17, 15) is 15.0 Å². The van der Waals surface area contributed by atoms with Crippen LogP contribution in [0.2, 0.25) is 25.7 Å². The highest BCUT2D eigenvalue weighted by molar-refractivity contribution is 6.76. The molecule has 0 saturated heterocycles. The fourth-order valence-corrected chi connectivity index (χ4v) is 6.44. The van der Waals surface area contributed by atoms with Crippen molar-refractivity contribution in [2.45, 2.75) is 85.1 Å². The van der Waals surface area contributed by atoms with Crippen LogP contribution in [0.4, 0.5) is 4.79 Å². The Hall–Kier alpha value is -4.49. The average molecular weight is 644 g/mol. The number of hydrogen-bond donors (Lipinski definition) is 2. The maximum absolute atomic E-state index is 13.0. The molecule has 2 N–H and O–H groups in total. The van der Waals surface area contributed by atoms with Crippen molar-refractivity contribution >= 4 is 25.2 Å². The number of carbonyl (C=O) groups excluding carboxylic acids is 1. The topological polar surface area (TPSA) is 142 Å². The molecule has 46 heavy (non-hydrogen) atoms. The minimum absolute atomic E-state index is 0.0230. The monoisotopic (exact) mass is 643 g/mol. The van der Waals surface area contributed by atoms with Gasteiger partial charge in [-0.2, -0.15) is 9.67 Å². The Morgan fingerprint density at radius 2 is 1.85 bits per heavy atom. The average Bonchev–Trinajstić information content (AvgIpc) is 3.71. The van der Waals surface area contributed by atoms with E-state index < -0.39 is 31.5 Å². The van der Waals surface area contributed by atoms with E-state index in [1.165, 1.54) is 0 Å². The normalized spacial score (nSPS) is 13.5. The van der Waals surface area contributed by atoms with Crippen molar-refractivity contribution in [3.05, 3.63) is 47.9 Å². The van der Waals surface area contributed by atoms with E-state index in [0.29, 0.717) is 18.1 Å². The van der Waals surface area contributed by atoms with Gasteiger partial charge in [0.15, 0.2) is 11.3 Å². The van der Waals surface area contributed by atoms with Gasteiger partial charge in [0.05, 0.1) is 5.69 Å². The molecule has 0 aliphatic carbocycles. The van der Waals surface area contributed by atoms with Crippen molar-refractivity contribution in [1.82, 2.24) is 33.9 Å². The summed E-state index contributed by atoms with van der Waals surface area (Å²) in [6, 6.07) is 10.7. The molecule has 1 aliphatic heterocycles. The number of fused-ring (bicyclic) bond motifs is 2. The quantitative estimate of drug-likeness (QED) is 0.141. The molecule has 0 unspecified atom stereocenters. The summed E-state index contributed by atoms with van der Waals surface area (Å²) >= 11 is 0. The van der Waals surface area contributed by atoms with Crippen molar-refractivity contribution in [1.29, 1.82) is 0 Å². The Kier molecular flexibility index (Phi) is 8.01. The largest absolute Gasteiger partial charge is 0.492 e. The molecule has 0 amide bonds. The number of nitrogens with zero attached hydrogens (tertiary/aromatic N) is 7. The molecule has 5 aromatic heterocycles. The summed E-state index contributed by atoms with van der Waals surface area (Å²) in [6.07, 6.45) is 2.71. The predicted octanol–water partition coefficient (Wildman–Crippen LogP) is 6.59. The zero-order valence-corrected chi connectivity index (χ0v) is 28.5. The molecule has 6 rings (SSSR count). The number of hydrogen-bond acceptors (Lipinski definition) is 9. The second kappa shape index (κ2) is 11.7. The number of rotatable bonds is 8. The van der Waals surface area contributed by atoms with Gasteiger partial charge in [-0.25, -0.2) is 9.78 Å². The van der Waals surface area contributed by atoms with E-state index in [1.807, 2.05) is 37.3 Å². The number of aromatic nitrogens is 7. The van der Waals surface area contributed by atoms with Crippen LogP contribution in [-0.2, 0) is 29.2 Å². The number of ether oxygens (including phenoxy) is 2. The van der Waals surface area contributed by atoms with E-state index in [4.69, 9.17) is 24.5 Å². The minimum atomic E-state index is -1.38. The minimum Gasteiger partial charge on any atom is -0.492 e. The number of aromatic hydroxyl groups is 2. The molecule has 0 spiro atoms. The molecule has 5 aromatic rings. The van der Waals surface area contributed by atoms with E-state index >= 15 is 0 Å². The van der Waals surface area contributed by atoms with Crippen molar-refractivity contribution in [2.75, 3.05) is 6.61 Å². The van der Waals surface area contributed by atoms with E-state index in [2.05, 4.69) is 29.3 Å². The van der Waals surface area contributed by atoms with Crippen LogP contribution in [0.25, 0.3) is 45.1 Å². The summed E-state index contributed by atoms with van der Waals surface area (Å²) in [6.45, 7) is 15.3. The standard InChI is InChI=1S/C33H41N7O5Si/c1-20-10-8-11-22(35-20)26-25(24-12-9-15-39(24)37-26)21-13-14-34-23(18-21)29-36-27-28(38(29)19-44-16-17-46(5,6)7)31(42)40(30(27)41)32(43)45-33(2,3)4/h8,10-11,13-14,18,41-42H,9,12,15-17,19H2,1-7H3. The molecule has 0 saturated carbocycles. The van der Waals surface area contributed by atoms with E-state index in [0.717, 1.165) is 63.9 Å². The van der Waals surface area contributed by atoms with Crippen molar-refractivity contribution in [3.63, 3.8) is 0 Å². The molecule has 1 aliphatic rings. The molecule has 0 aromatic carbocycles. The number of pyridine rings is 2. The first kappa shape index (κ1) is 31.5. The van der Waals surface area contributed by atoms with Gasteiger partial charge >= 0.3 is 6.09 Å². The Labute approximate surface area is 268 Å². The van der Waals surface area contributed by atoms with Gasteiger partial charge in [0, 0.05) is 44.4 Å². The van der Waals surface area contributed by atoms with Crippen LogP contribution in [0.1, 0.15) is 38.6 Å². The second-order valence-corrected chi connectivity index (χ2v) is 19.6. The summed E-state index contributed by atoms with van der Waals surface area (Å²) in [5.74, 6) is -0.643. The van der Waals surface area contributed by atoms with Crippen LogP contribution >= 0.6 is 0 Å². The highest BCUT2D eigenvalue weighted by Gasteiger charge is 2.32. The lowest BCUT2D eigenvalue weighted by Crippen LogP contribution is -2.26. The van der Waals surface area contributed by atoms with Gasteiger partial charge < -0.3 is 19.7 Å². The predicted molar refractivity (Wildman–Crippen MR) is 178 cm³/mol. The van der Waals surface area contributed by atoms with Crippen LogP contribution in [0.5, 0.6) is 11.8 Å². The van der Waals surface area contributed by atoms with Crippen LogP contribution in [0.3, 0.4) is 0 Å². The first-order chi connectivity index (χ1) is 21.7. The Balaban J connectivity index is 1.47. The van der Waals surface area contributed by atoms with Gasteiger partial charge in [0.2, 0.25) is 11.8 Å². The fourth-order valence-electron chi connectivity index (χ4n) is 5.68. The number of imidazole rings is 1. The third kappa shape index (κ3) is 6.04. The first-order valence-electron chi connectivity index (χ1n) is 15.6. The number of aryl methyl sites for hydroxylation is 2. The second-order valence-electron chi connectivity index (χ2n) is 14.0. The highest BCUT2D eigenvalue weighted by atomic mass is 28.3. The van der Waals surface area contributed by atoms with Gasteiger partial charge in [0.25, 0.3) is 0 Å². The van der Waals surface area contributed by atoms with Gasteiger partial charge in [-0.15, -0.1) is 0 Å². The third-order valence-corrected chi connectivity index (χ3v) is 9.56. The van der Waals surface area contributed by atoms with Gasteiger partial charge in [-0.05, 0) is 76.4 Å². The molecule has 6 heterocycles. The molecule has 0 fully saturated rings. The van der Waals surface area contributed by atoms with Gasteiger partial charge in [0.1, 0.15) is 29.2 Å². The lowest BCUT2D eigenvalue weighted by Gasteiger charge is -2.20. The molecule has 13 heteroatoms. The third-order valence-electron chi connectivity index (χ3n) is 7.86. The van der Waals surface area contributed by atoms with Crippen LogP contribution in [0, 0.1) is 6.92 Å². The highest BCUT2D eigenvalue weighted by Crippen LogP contribution is 2.41. The summed E-state index contributed by atoms with van der Waals surface area (Å²) < 4.78 is 16.0. The van der Waals surface area contributed by atoms with Gasteiger partial charge in [-0.1, -0.05) is 25.7 Å². The first-order valence-corrected chi connectivity index (χ1v) is 19.3. The summed E-state index contributed by atoms with van der Waals surface area (Å²) in [5, 5.41) is 27.4. The maximum Gasteiger partial charge on any atom is 0.424 e. The lowest BCUT2D eigenvalue weighted by molar-refractivity contribution is 0.0513. The van der Waals surface area contributed by atoms with Gasteiger partial charge in [-0.3, -0.25) is 19.2 Å². The zero-order valence-electron chi connectivity index (χ0n) is 27.5. The lowest BCUT2D eigenvalue weighted by atomic mass is 10.00. The molecular formula is C33H41N7O5Si. The summed E-state index contributed by atoms with van der Waals surface area (Å²) in [7, 11) is -1.38. The Morgan fingerprint density at radius 1 is 1.07 bits per heavy atom. The molecule has 0 atom stereocenters. The maximum atomic E-state index is 13.0. The molecular weight excluding hydrogens is 602 g/mol. The summed E-state index contributed by atoms with van der Waals surface area (Å²) in [5.41, 5.74) is 5.40. The number of carbonyl (C=O) groups is 1. The van der Waals surface area contributed by atoms with E-state index in [-0.39, 0.29) is 17.8 Å². The molecule has 0 bridgehead atoms. The van der Waals surface area contributed by atoms with Crippen LogP contribution in [-0.4, -0.2) is 70.5 Å². The Morgan fingerprint density at radius 3 is 2.57 bits per heavy atom. The van der Waals surface area contributed by atoms with Crippen LogP contribution < -0.4 is 0 Å². The van der Waals surface area contributed by atoms with Crippen molar-refractivity contribution in [2.24, 2.45) is 0 Å². The van der Waals surface area contributed by atoms with Crippen LogP contribution in [0.15, 0.2) is 36.5 Å². The van der Waals surface area contributed by atoms with Crippen molar-refractivity contribution < 1.29 is 24.5 Å². The molecule has 0 radical (unpaired) electrons. The fraction of sp³-hybridized carbons (Fsp3) is 0.424. The molecule has 242 valence electrons.